The Labute approximate surface area is 118 Å². The zero-order valence-corrected chi connectivity index (χ0v) is 12.1. The van der Waals surface area contributed by atoms with Gasteiger partial charge in [0.05, 0.1) is 11.1 Å². The summed E-state index contributed by atoms with van der Waals surface area (Å²) in [7, 11) is 0. The lowest BCUT2D eigenvalue weighted by atomic mass is 9.74. The molecule has 2 aromatic rings. The number of aromatic nitrogens is 1. The van der Waals surface area contributed by atoms with Crippen molar-refractivity contribution in [2.75, 3.05) is 13.2 Å². The molecule has 0 N–H and O–H groups in total. The normalized spacial score (nSPS) is 18.4. The van der Waals surface area contributed by atoms with Gasteiger partial charge in [-0.25, -0.2) is 4.98 Å². The van der Waals surface area contributed by atoms with E-state index in [0.717, 1.165) is 32.5 Å². The van der Waals surface area contributed by atoms with E-state index in [0.29, 0.717) is 0 Å². The smallest absolute Gasteiger partial charge is 0.104 e. The van der Waals surface area contributed by atoms with Crippen LogP contribution < -0.4 is 0 Å². The van der Waals surface area contributed by atoms with Crippen molar-refractivity contribution in [3.8, 4) is 0 Å². The number of aryl methyl sites for hydroxylation is 1. The summed E-state index contributed by atoms with van der Waals surface area (Å²) in [5.74, 6) is 0. The molecular formula is C16H19NOS. The van der Waals surface area contributed by atoms with Crippen LogP contribution in [0.4, 0.5) is 0 Å². The molecule has 2 heterocycles. The van der Waals surface area contributed by atoms with Crippen LogP contribution >= 0.6 is 11.3 Å². The number of hydrogen-bond donors (Lipinski definition) is 0. The Balaban J connectivity index is 2.06. The molecule has 0 saturated carbocycles. The van der Waals surface area contributed by atoms with Crippen molar-refractivity contribution < 1.29 is 4.74 Å². The SMILES string of the molecule is CCc1csc(C2(c3ccccc3)CCOCC2)n1. The average Bonchev–Trinajstić information content (AvgIpc) is 2.98. The molecule has 3 rings (SSSR count). The molecule has 0 bridgehead atoms. The van der Waals surface area contributed by atoms with Crippen LogP contribution in [0.25, 0.3) is 0 Å². The van der Waals surface area contributed by atoms with Crippen LogP contribution in [0, 0.1) is 0 Å². The van der Waals surface area contributed by atoms with Gasteiger partial charge in [0.1, 0.15) is 5.01 Å². The maximum Gasteiger partial charge on any atom is 0.104 e. The van der Waals surface area contributed by atoms with E-state index >= 15 is 0 Å². The summed E-state index contributed by atoms with van der Waals surface area (Å²) in [5, 5.41) is 3.47. The third-order valence-corrected chi connectivity index (χ3v) is 5.09. The second kappa shape index (κ2) is 5.43. The van der Waals surface area contributed by atoms with E-state index in [1.807, 2.05) is 11.3 Å². The number of hydrogen-bond acceptors (Lipinski definition) is 3. The molecule has 1 aliphatic heterocycles. The molecular weight excluding hydrogens is 254 g/mol. The fourth-order valence-corrected chi connectivity index (χ4v) is 3.98. The Morgan fingerprint density at radius 1 is 1.21 bits per heavy atom. The molecule has 1 aromatic carbocycles. The quantitative estimate of drug-likeness (QED) is 0.848. The van der Waals surface area contributed by atoms with Crippen LogP contribution in [-0.4, -0.2) is 18.2 Å². The molecule has 3 heteroatoms. The summed E-state index contributed by atoms with van der Waals surface area (Å²) in [5.41, 5.74) is 2.66. The highest BCUT2D eigenvalue weighted by Crippen LogP contribution is 2.42. The van der Waals surface area contributed by atoms with Crippen molar-refractivity contribution in [3.05, 3.63) is 52.0 Å². The van der Waals surface area contributed by atoms with Gasteiger partial charge in [-0.3, -0.25) is 0 Å². The van der Waals surface area contributed by atoms with Crippen molar-refractivity contribution in [2.24, 2.45) is 0 Å². The maximum absolute atomic E-state index is 5.58. The van der Waals surface area contributed by atoms with Gasteiger partial charge in [0.2, 0.25) is 0 Å². The lowest BCUT2D eigenvalue weighted by Crippen LogP contribution is -2.35. The largest absolute Gasteiger partial charge is 0.381 e. The zero-order valence-electron chi connectivity index (χ0n) is 11.3. The van der Waals surface area contributed by atoms with E-state index in [1.165, 1.54) is 16.3 Å². The van der Waals surface area contributed by atoms with Crippen molar-refractivity contribution in [2.45, 2.75) is 31.6 Å². The minimum atomic E-state index is 0.0671. The molecule has 0 amide bonds. The lowest BCUT2D eigenvalue weighted by molar-refractivity contribution is 0.0630. The summed E-state index contributed by atoms with van der Waals surface area (Å²) in [6.45, 7) is 3.82. The monoisotopic (exact) mass is 273 g/mol. The first-order valence-electron chi connectivity index (χ1n) is 6.93. The molecule has 0 atom stereocenters. The zero-order chi connectivity index (χ0) is 13.1. The Kier molecular flexibility index (Phi) is 3.67. The van der Waals surface area contributed by atoms with Crippen molar-refractivity contribution in [1.82, 2.24) is 4.98 Å². The molecule has 0 aliphatic carbocycles. The van der Waals surface area contributed by atoms with Gasteiger partial charge < -0.3 is 4.74 Å². The van der Waals surface area contributed by atoms with Crippen LogP contribution in [-0.2, 0) is 16.6 Å². The molecule has 0 spiro atoms. The molecule has 0 radical (unpaired) electrons. The predicted octanol–water partition coefficient (Wildman–Crippen LogP) is 3.80. The molecule has 19 heavy (non-hydrogen) atoms. The van der Waals surface area contributed by atoms with E-state index in [2.05, 4.69) is 42.6 Å². The number of thiazole rings is 1. The van der Waals surface area contributed by atoms with Crippen LogP contribution in [0.2, 0.25) is 0 Å². The summed E-state index contributed by atoms with van der Waals surface area (Å²) in [6, 6.07) is 10.8. The van der Waals surface area contributed by atoms with Crippen LogP contribution in [0.3, 0.4) is 0 Å². The Morgan fingerprint density at radius 3 is 2.58 bits per heavy atom. The third kappa shape index (κ3) is 2.33. The highest BCUT2D eigenvalue weighted by atomic mass is 32.1. The van der Waals surface area contributed by atoms with E-state index in [-0.39, 0.29) is 5.41 Å². The van der Waals surface area contributed by atoms with Crippen molar-refractivity contribution >= 4 is 11.3 Å². The molecule has 0 unspecified atom stereocenters. The van der Waals surface area contributed by atoms with Crippen molar-refractivity contribution in [3.63, 3.8) is 0 Å². The minimum Gasteiger partial charge on any atom is -0.381 e. The van der Waals surface area contributed by atoms with Gasteiger partial charge in [-0.2, -0.15) is 0 Å². The fraction of sp³-hybridized carbons (Fsp3) is 0.438. The molecule has 1 aliphatic rings. The minimum absolute atomic E-state index is 0.0671. The van der Waals surface area contributed by atoms with Crippen LogP contribution in [0.15, 0.2) is 35.7 Å². The molecule has 1 saturated heterocycles. The number of nitrogens with zero attached hydrogens (tertiary/aromatic N) is 1. The average molecular weight is 273 g/mol. The van der Waals surface area contributed by atoms with Crippen LogP contribution in [0.5, 0.6) is 0 Å². The Morgan fingerprint density at radius 2 is 1.95 bits per heavy atom. The molecule has 1 aromatic heterocycles. The van der Waals surface area contributed by atoms with Gasteiger partial charge in [0.25, 0.3) is 0 Å². The van der Waals surface area contributed by atoms with Gasteiger partial charge in [0.15, 0.2) is 0 Å². The summed E-state index contributed by atoms with van der Waals surface area (Å²) in [4.78, 5) is 4.86. The molecule has 100 valence electrons. The van der Waals surface area contributed by atoms with Gasteiger partial charge in [-0.05, 0) is 24.8 Å². The van der Waals surface area contributed by atoms with Gasteiger partial charge in [0, 0.05) is 18.6 Å². The number of rotatable bonds is 3. The highest BCUT2D eigenvalue weighted by molar-refractivity contribution is 7.09. The van der Waals surface area contributed by atoms with Crippen molar-refractivity contribution in [1.29, 1.82) is 0 Å². The fourth-order valence-electron chi connectivity index (χ4n) is 2.79. The highest BCUT2D eigenvalue weighted by Gasteiger charge is 2.38. The van der Waals surface area contributed by atoms with E-state index in [9.17, 15) is 0 Å². The maximum atomic E-state index is 5.58. The first kappa shape index (κ1) is 12.8. The predicted molar refractivity (Wildman–Crippen MR) is 78.8 cm³/mol. The van der Waals surface area contributed by atoms with Crippen LogP contribution in [0.1, 0.15) is 36.0 Å². The summed E-state index contributed by atoms with van der Waals surface area (Å²) < 4.78 is 5.58. The van der Waals surface area contributed by atoms with Gasteiger partial charge in [-0.15, -0.1) is 11.3 Å². The first-order chi connectivity index (χ1) is 9.35. The second-order valence-corrected chi connectivity index (χ2v) is 5.92. The third-order valence-electron chi connectivity index (χ3n) is 4.00. The summed E-state index contributed by atoms with van der Waals surface area (Å²) in [6.07, 6.45) is 3.08. The van der Waals surface area contributed by atoms with Gasteiger partial charge >= 0.3 is 0 Å². The number of benzene rings is 1. The molecule has 2 nitrogen and oxygen atoms in total. The molecule has 1 fully saturated rings. The van der Waals surface area contributed by atoms with Gasteiger partial charge in [-0.1, -0.05) is 37.3 Å². The standard InChI is InChI=1S/C16H19NOS/c1-2-14-12-19-15(17-14)16(8-10-18-11-9-16)13-6-4-3-5-7-13/h3-7,12H,2,8-11H2,1H3. The Hall–Kier alpha value is -1.19. The van der Waals surface area contributed by atoms with E-state index < -0.39 is 0 Å². The van der Waals surface area contributed by atoms with E-state index in [1.54, 1.807) is 0 Å². The number of ether oxygens (including phenoxy) is 1. The summed E-state index contributed by atoms with van der Waals surface area (Å²) >= 11 is 1.81. The first-order valence-corrected chi connectivity index (χ1v) is 7.81. The topological polar surface area (TPSA) is 22.1 Å². The lowest BCUT2D eigenvalue weighted by Gasteiger charge is -2.36. The second-order valence-electron chi connectivity index (χ2n) is 5.06. The Bertz CT molecular complexity index is 529. The van der Waals surface area contributed by atoms with E-state index in [4.69, 9.17) is 9.72 Å².